The summed E-state index contributed by atoms with van der Waals surface area (Å²) in [6.07, 6.45) is 1.78. The molecule has 0 amide bonds. The van der Waals surface area contributed by atoms with Gasteiger partial charge in [0.15, 0.2) is 0 Å². The topological polar surface area (TPSA) is 64.4 Å². The Morgan fingerprint density at radius 2 is 2.25 bits per heavy atom. The second kappa shape index (κ2) is 4.74. The minimum atomic E-state index is 0.360. The van der Waals surface area contributed by atoms with Crippen molar-refractivity contribution in [2.45, 2.75) is 6.92 Å². The smallest absolute Gasteiger partial charge is 0.0855 e. The third-order valence-electron chi connectivity index (χ3n) is 0.837. The van der Waals surface area contributed by atoms with Crippen molar-refractivity contribution in [1.29, 1.82) is 0 Å². The molecule has 0 saturated carbocycles. The Kier molecular flexibility index (Phi) is 4.50. The SMILES string of the molecule is CC(C=NCN)CN. The van der Waals surface area contributed by atoms with Crippen LogP contribution in [0, 0.1) is 5.92 Å². The van der Waals surface area contributed by atoms with E-state index in [4.69, 9.17) is 11.5 Å². The third-order valence-corrected chi connectivity index (χ3v) is 0.837. The van der Waals surface area contributed by atoms with Crippen LogP contribution >= 0.6 is 0 Å². The molecule has 0 aliphatic rings. The van der Waals surface area contributed by atoms with Crippen LogP contribution in [0.2, 0.25) is 0 Å². The minimum Gasteiger partial charge on any atom is -0.330 e. The Balaban J connectivity index is 3.21. The molecule has 3 heteroatoms. The lowest BCUT2D eigenvalue weighted by atomic mass is 10.2. The van der Waals surface area contributed by atoms with Gasteiger partial charge in [0, 0.05) is 12.1 Å². The van der Waals surface area contributed by atoms with Crippen LogP contribution in [0.5, 0.6) is 0 Å². The molecule has 0 bridgehead atoms. The van der Waals surface area contributed by atoms with E-state index in [-0.39, 0.29) is 0 Å². The predicted molar refractivity (Wildman–Crippen MR) is 35.8 cm³/mol. The van der Waals surface area contributed by atoms with Gasteiger partial charge in [0.05, 0.1) is 6.67 Å². The Morgan fingerprint density at radius 1 is 1.62 bits per heavy atom. The number of aliphatic imine (C=N–C) groups is 1. The molecule has 0 rings (SSSR count). The number of hydrogen-bond acceptors (Lipinski definition) is 3. The van der Waals surface area contributed by atoms with Gasteiger partial charge in [0.25, 0.3) is 0 Å². The fourth-order valence-electron chi connectivity index (χ4n) is 0.302. The highest BCUT2D eigenvalue weighted by molar-refractivity contribution is 5.60. The highest BCUT2D eigenvalue weighted by Gasteiger charge is 1.88. The molecule has 0 radical (unpaired) electrons. The molecular weight excluding hydrogens is 102 g/mol. The van der Waals surface area contributed by atoms with E-state index in [1.807, 2.05) is 6.92 Å². The fraction of sp³-hybridized carbons (Fsp3) is 0.800. The molecule has 1 atom stereocenters. The average Bonchev–Trinajstić information content (AvgIpc) is 1.83. The molecular formula is C5H13N3. The van der Waals surface area contributed by atoms with Crippen LogP contribution in [0.1, 0.15) is 6.92 Å². The van der Waals surface area contributed by atoms with Gasteiger partial charge in [-0.25, -0.2) is 0 Å². The summed E-state index contributed by atoms with van der Waals surface area (Å²) >= 11 is 0. The molecule has 48 valence electrons. The molecule has 0 fully saturated rings. The maximum absolute atomic E-state index is 5.28. The molecule has 0 aromatic heterocycles. The summed E-state index contributed by atoms with van der Waals surface area (Å²) in [5.74, 6) is 0.360. The predicted octanol–water partition coefficient (Wildman–Crippen LogP) is -0.432. The first-order valence-electron chi connectivity index (χ1n) is 2.71. The van der Waals surface area contributed by atoms with Crippen molar-refractivity contribution >= 4 is 6.21 Å². The molecule has 0 aliphatic carbocycles. The van der Waals surface area contributed by atoms with Gasteiger partial charge < -0.3 is 11.5 Å². The lowest BCUT2D eigenvalue weighted by Gasteiger charge is -1.96. The van der Waals surface area contributed by atoms with Crippen LogP contribution < -0.4 is 11.5 Å². The molecule has 0 aromatic rings. The Morgan fingerprint density at radius 3 is 2.62 bits per heavy atom. The van der Waals surface area contributed by atoms with E-state index >= 15 is 0 Å². The third kappa shape index (κ3) is 3.77. The van der Waals surface area contributed by atoms with E-state index < -0.39 is 0 Å². The van der Waals surface area contributed by atoms with Crippen LogP contribution in [-0.4, -0.2) is 19.4 Å². The van der Waals surface area contributed by atoms with E-state index in [2.05, 4.69) is 4.99 Å². The summed E-state index contributed by atoms with van der Waals surface area (Å²) in [5, 5.41) is 0. The van der Waals surface area contributed by atoms with Crippen molar-refractivity contribution in [3.63, 3.8) is 0 Å². The number of rotatable bonds is 3. The highest BCUT2D eigenvalue weighted by Crippen LogP contribution is 1.82. The van der Waals surface area contributed by atoms with Crippen molar-refractivity contribution in [3.05, 3.63) is 0 Å². The summed E-state index contributed by atoms with van der Waals surface area (Å²) in [5.41, 5.74) is 10.4. The molecule has 4 N–H and O–H groups in total. The summed E-state index contributed by atoms with van der Waals surface area (Å²) in [7, 11) is 0. The van der Waals surface area contributed by atoms with Crippen molar-refractivity contribution < 1.29 is 0 Å². The fourth-order valence-corrected chi connectivity index (χ4v) is 0.302. The van der Waals surface area contributed by atoms with Gasteiger partial charge in [-0.1, -0.05) is 6.92 Å². The Bertz CT molecular complexity index is 70.1. The van der Waals surface area contributed by atoms with Gasteiger partial charge in [-0.2, -0.15) is 0 Å². The minimum absolute atomic E-state index is 0.360. The van der Waals surface area contributed by atoms with E-state index in [9.17, 15) is 0 Å². The molecule has 8 heavy (non-hydrogen) atoms. The first kappa shape index (κ1) is 7.59. The van der Waals surface area contributed by atoms with Crippen molar-refractivity contribution in [3.8, 4) is 0 Å². The molecule has 0 aliphatic heterocycles. The van der Waals surface area contributed by atoms with Crippen molar-refractivity contribution in [2.24, 2.45) is 22.4 Å². The van der Waals surface area contributed by atoms with Gasteiger partial charge in [0.1, 0.15) is 0 Å². The Hall–Kier alpha value is -0.410. The summed E-state index contributed by atoms with van der Waals surface area (Å²) in [6, 6.07) is 0. The summed E-state index contributed by atoms with van der Waals surface area (Å²) in [6.45, 7) is 3.01. The highest BCUT2D eigenvalue weighted by atomic mass is 14.8. The number of hydrogen-bond donors (Lipinski definition) is 2. The van der Waals surface area contributed by atoms with E-state index in [0.29, 0.717) is 19.1 Å². The molecule has 0 saturated heterocycles. The van der Waals surface area contributed by atoms with Crippen LogP contribution in [-0.2, 0) is 0 Å². The van der Waals surface area contributed by atoms with E-state index in [0.717, 1.165) is 0 Å². The van der Waals surface area contributed by atoms with Crippen LogP contribution in [0.25, 0.3) is 0 Å². The van der Waals surface area contributed by atoms with Crippen LogP contribution in [0.3, 0.4) is 0 Å². The standard InChI is InChI=1S/C5H13N3/c1-5(2-6)3-8-4-7/h3,5H,2,4,6-7H2,1H3. The second-order valence-corrected chi connectivity index (χ2v) is 1.73. The van der Waals surface area contributed by atoms with Gasteiger partial charge in [-0.15, -0.1) is 0 Å². The molecule has 1 unspecified atom stereocenters. The van der Waals surface area contributed by atoms with Gasteiger partial charge in [0.2, 0.25) is 0 Å². The lowest BCUT2D eigenvalue weighted by molar-refractivity contribution is 0.793. The quantitative estimate of drug-likeness (QED) is 0.490. The van der Waals surface area contributed by atoms with Crippen molar-refractivity contribution in [1.82, 2.24) is 0 Å². The molecule has 3 nitrogen and oxygen atoms in total. The van der Waals surface area contributed by atoms with Crippen molar-refractivity contribution in [2.75, 3.05) is 13.2 Å². The summed E-state index contributed by atoms with van der Waals surface area (Å²) < 4.78 is 0. The zero-order valence-electron chi connectivity index (χ0n) is 5.17. The maximum atomic E-state index is 5.28. The monoisotopic (exact) mass is 115 g/mol. The second-order valence-electron chi connectivity index (χ2n) is 1.73. The zero-order valence-corrected chi connectivity index (χ0v) is 5.17. The Labute approximate surface area is 49.8 Å². The largest absolute Gasteiger partial charge is 0.330 e. The zero-order chi connectivity index (χ0) is 6.41. The van der Waals surface area contributed by atoms with Crippen LogP contribution in [0.15, 0.2) is 4.99 Å². The first-order chi connectivity index (χ1) is 3.81. The van der Waals surface area contributed by atoms with E-state index in [1.165, 1.54) is 0 Å². The first-order valence-corrected chi connectivity index (χ1v) is 2.71. The van der Waals surface area contributed by atoms with E-state index in [1.54, 1.807) is 6.21 Å². The number of nitrogens with zero attached hydrogens (tertiary/aromatic N) is 1. The average molecular weight is 115 g/mol. The normalized spacial score (nSPS) is 14.9. The molecule has 0 aromatic carbocycles. The molecule has 0 heterocycles. The maximum Gasteiger partial charge on any atom is 0.0855 e. The molecule has 0 spiro atoms. The van der Waals surface area contributed by atoms with Gasteiger partial charge in [-0.05, 0) is 6.54 Å². The van der Waals surface area contributed by atoms with Gasteiger partial charge >= 0.3 is 0 Å². The lowest BCUT2D eigenvalue weighted by Crippen LogP contribution is -2.12. The summed E-state index contributed by atoms with van der Waals surface area (Å²) in [4.78, 5) is 3.82. The van der Waals surface area contributed by atoms with Gasteiger partial charge in [-0.3, -0.25) is 4.99 Å². The van der Waals surface area contributed by atoms with Crippen LogP contribution in [0.4, 0.5) is 0 Å². The number of nitrogens with two attached hydrogens (primary N) is 2.